The van der Waals surface area contributed by atoms with Gasteiger partial charge in [-0.05, 0) is 18.6 Å². The van der Waals surface area contributed by atoms with Gasteiger partial charge in [-0.25, -0.2) is 9.69 Å². The number of carbonyl (C=O) groups excluding carboxylic acids is 3. The second-order valence-electron chi connectivity index (χ2n) is 3.76. The molecule has 1 unspecified atom stereocenters. The van der Waals surface area contributed by atoms with Crippen molar-refractivity contribution >= 4 is 23.5 Å². The third kappa shape index (κ3) is 1.91. The molecule has 1 heterocycles. The number of hydrogen-bond acceptors (Lipinski definition) is 3. The van der Waals surface area contributed by atoms with Gasteiger partial charge in [0.25, 0.3) is 0 Å². The molecular formula is C12H12N2O3. The van der Waals surface area contributed by atoms with Crippen LogP contribution in [0, 0.1) is 5.92 Å². The number of barbiturate groups is 1. The second-order valence-corrected chi connectivity index (χ2v) is 3.76. The van der Waals surface area contributed by atoms with E-state index in [1.165, 1.54) is 0 Å². The molecule has 0 aromatic heterocycles. The lowest BCUT2D eigenvalue weighted by Gasteiger charge is -2.29. The predicted molar refractivity (Wildman–Crippen MR) is 61.2 cm³/mol. The predicted octanol–water partition coefficient (Wildman–Crippen LogP) is 1.30. The normalized spacial score (nSPS) is 20.4. The van der Waals surface area contributed by atoms with Crippen molar-refractivity contribution in [2.24, 2.45) is 5.92 Å². The van der Waals surface area contributed by atoms with Crippen molar-refractivity contribution in [3.63, 3.8) is 0 Å². The van der Waals surface area contributed by atoms with Crippen LogP contribution in [0.25, 0.3) is 0 Å². The lowest BCUT2D eigenvalue weighted by Crippen LogP contribution is -2.58. The molecule has 88 valence electrons. The van der Waals surface area contributed by atoms with Gasteiger partial charge in [-0.3, -0.25) is 14.9 Å². The number of benzene rings is 1. The lowest BCUT2D eigenvalue weighted by molar-refractivity contribution is -0.134. The molecule has 4 amide bonds. The zero-order valence-corrected chi connectivity index (χ0v) is 9.34. The summed E-state index contributed by atoms with van der Waals surface area (Å²) < 4.78 is 0. The van der Waals surface area contributed by atoms with E-state index < -0.39 is 23.8 Å². The minimum Gasteiger partial charge on any atom is -0.277 e. The quantitative estimate of drug-likeness (QED) is 0.781. The molecule has 5 heteroatoms. The summed E-state index contributed by atoms with van der Waals surface area (Å²) in [6.45, 7) is 1.74. The number of rotatable bonds is 2. The summed E-state index contributed by atoms with van der Waals surface area (Å²) >= 11 is 0. The van der Waals surface area contributed by atoms with E-state index >= 15 is 0 Å². The number of urea groups is 1. The van der Waals surface area contributed by atoms with Crippen LogP contribution in [0.4, 0.5) is 10.5 Å². The maximum absolute atomic E-state index is 12.0. The fourth-order valence-corrected chi connectivity index (χ4v) is 1.80. The van der Waals surface area contributed by atoms with E-state index in [0.717, 1.165) is 4.90 Å². The molecule has 0 radical (unpaired) electrons. The van der Waals surface area contributed by atoms with Gasteiger partial charge >= 0.3 is 6.03 Å². The van der Waals surface area contributed by atoms with Crippen molar-refractivity contribution in [2.45, 2.75) is 13.3 Å². The minimum absolute atomic E-state index is 0.376. The molecule has 0 bridgehead atoms. The first-order valence-corrected chi connectivity index (χ1v) is 5.39. The van der Waals surface area contributed by atoms with Gasteiger partial charge in [-0.2, -0.15) is 0 Å². The first-order chi connectivity index (χ1) is 8.15. The van der Waals surface area contributed by atoms with Crippen LogP contribution in [0.3, 0.4) is 0 Å². The van der Waals surface area contributed by atoms with Gasteiger partial charge in [0.1, 0.15) is 5.92 Å². The Balaban J connectivity index is 2.37. The molecule has 1 saturated heterocycles. The third-order valence-corrected chi connectivity index (χ3v) is 2.69. The highest BCUT2D eigenvalue weighted by atomic mass is 16.2. The monoisotopic (exact) mass is 232 g/mol. The molecule has 1 aliphatic rings. The van der Waals surface area contributed by atoms with E-state index in [9.17, 15) is 14.4 Å². The highest BCUT2D eigenvalue weighted by molar-refractivity contribution is 6.27. The largest absolute Gasteiger partial charge is 0.335 e. The molecule has 1 aromatic carbocycles. The standard InChI is InChI=1S/C12H12N2O3/c1-2-9-10(15)13-12(17)14(11(9)16)8-6-4-3-5-7-8/h3-7,9H,2H2,1H3,(H,13,15,17). The Morgan fingerprint density at radius 1 is 1.18 bits per heavy atom. The van der Waals surface area contributed by atoms with E-state index in [-0.39, 0.29) is 0 Å². The Bertz CT molecular complexity index is 470. The molecule has 5 nitrogen and oxygen atoms in total. The Morgan fingerprint density at radius 3 is 2.41 bits per heavy atom. The van der Waals surface area contributed by atoms with E-state index in [4.69, 9.17) is 0 Å². The van der Waals surface area contributed by atoms with Gasteiger partial charge in [0, 0.05) is 0 Å². The van der Waals surface area contributed by atoms with Crippen LogP contribution in [0.1, 0.15) is 13.3 Å². The molecule has 1 fully saturated rings. The molecular weight excluding hydrogens is 220 g/mol. The molecule has 1 atom stereocenters. The van der Waals surface area contributed by atoms with Crippen LogP contribution in [-0.4, -0.2) is 17.8 Å². The number of nitrogens with zero attached hydrogens (tertiary/aromatic N) is 1. The number of amides is 4. The molecule has 1 aliphatic heterocycles. The highest BCUT2D eigenvalue weighted by Crippen LogP contribution is 2.21. The topological polar surface area (TPSA) is 66.5 Å². The molecule has 17 heavy (non-hydrogen) atoms. The van der Waals surface area contributed by atoms with Crippen LogP contribution >= 0.6 is 0 Å². The van der Waals surface area contributed by atoms with Gasteiger partial charge < -0.3 is 0 Å². The van der Waals surface area contributed by atoms with E-state index in [0.29, 0.717) is 12.1 Å². The van der Waals surface area contributed by atoms with Gasteiger partial charge in [-0.1, -0.05) is 25.1 Å². The van der Waals surface area contributed by atoms with Crippen LogP contribution < -0.4 is 10.2 Å². The van der Waals surface area contributed by atoms with Crippen molar-refractivity contribution in [2.75, 3.05) is 4.90 Å². The smallest absolute Gasteiger partial charge is 0.277 e. The number of anilines is 1. The summed E-state index contributed by atoms with van der Waals surface area (Å²) in [4.78, 5) is 36.1. The maximum Gasteiger partial charge on any atom is 0.335 e. The van der Waals surface area contributed by atoms with Crippen LogP contribution in [-0.2, 0) is 9.59 Å². The Morgan fingerprint density at radius 2 is 1.82 bits per heavy atom. The number of imide groups is 2. The fourth-order valence-electron chi connectivity index (χ4n) is 1.80. The summed E-state index contributed by atoms with van der Waals surface area (Å²) in [5, 5.41) is 2.19. The van der Waals surface area contributed by atoms with Crippen LogP contribution in [0.2, 0.25) is 0 Å². The van der Waals surface area contributed by atoms with Crippen molar-refractivity contribution in [3.8, 4) is 0 Å². The van der Waals surface area contributed by atoms with Gasteiger partial charge in [0.05, 0.1) is 5.69 Å². The van der Waals surface area contributed by atoms with Crippen LogP contribution in [0.5, 0.6) is 0 Å². The summed E-state index contributed by atoms with van der Waals surface area (Å²) in [6, 6.07) is 7.87. The van der Waals surface area contributed by atoms with Crippen molar-refractivity contribution in [3.05, 3.63) is 30.3 Å². The lowest BCUT2D eigenvalue weighted by atomic mass is 10.0. The average molecular weight is 232 g/mol. The molecule has 0 saturated carbocycles. The third-order valence-electron chi connectivity index (χ3n) is 2.69. The summed E-state index contributed by atoms with van der Waals surface area (Å²) in [5.41, 5.74) is 0.473. The number of para-hydroxylation sites is 1. The number of hydrogen-bond donors (Lipinski definition) is 1. The average Bonchev–Trinajstić information content (AvgIpc) is 2.30. The molecule has 1 aromatic rings. The van der Waals surface area contributed by atoms with Crippen LogP contribution in [0.15, 0.2) is 30.3 Å². The molecule has 1 N–H and O–H groups in total. The van der Waals surface area contributed by atoms with Gasteiger partial charge in [0.2, 0.25) is 11.8 Å². The maximum atomic E-state index is 12.0. The van der Waals surface area contributed by atoms with Crippen molar-refractivity contribution in [1.29, 1.82) is 0 Å². The van der Waals surface area contributed by atoms with E-state index in [1.807, 2.05) is 0 Å². The van der Waals surface area contributed by atoms with Gasteiger partial charge in [0.15, 0.2) is 0 Å². The summed E-state index contributed by atoms with van der Waals surface area (Å²) in [6.07, 6.45) is 0.376. The Labute approximate surface area is 98.4 Å². The Kier molecular flexibility index (Phi) is 2.91. The van der Waals surface area contributed by atoms with Crippen molar-refractivity contribution < 1.29 is 14.4 Å². The minimum atomic E-state index is -0.784. The second kappa shape index (κ2) is 4.37. The fraction of sp³-hybridized carbons (Fsp3) is 0.250. The molecule has 2 rings (SSSR count). The zero-order chi connectivity index (χ0) is 12.4. The van der Waals surface area contributed by atoms with Crippen molar-refractivity contribution in [1.82, 2.24) is 5.32 Å². The molecule has 0 aliphatic carbocycles. The Hall–Kier alpha value is -2.17. The summed E-state index contributed by atoms with van der Waals surface area (Å²) in [5.74, 6) is -1.77. The number of carbonyl (C=O) groups is 3. The van der Waals surface area contributed by atoms with E-state index in [2.05, 4.69) is 5.32 Å². The first kappa shape index (κ1) is 11.3. The van der Waals surface area contributed by atoms with E-state index in [1.54, 1.807) is 37.3 Å². The zero-order valence-electron chi connectivity index (χ0n) is 9.34. The number of nitrogens with one attached hydrogen (secondary N) is 1. The summed E-state index contributed by atoms with van der Waals surface area (Å²) in [7, 11) is 0. The highest BCUT2D eigenvalue weighted by Gasteiger charge is 2.39. The first-order valence-electron chi connectivity index (χ1n) is 5.39. The molecule has 0 spiro atoms. The SMILES string of the molecule is CCC1C(=O)NC(=O)N(c2ccccc2)C1=O. The van der Waals surface area contributed by atoms with Gasteiger partial charge in [-0.15, -0.1) is 0 Å².